The molecule has 4 aromatic rings. The number of hydrogen-bond acceptors (Lipinski definition) is 11. The molecule has 16 nitrogen and oxygen atoms in total. The van der Waals surface area contributed by atoms with Gasteiger partial charge in [-0.25, -0.2) is 0 Å². The Bertz CT molecular complexity index is 2180. The van der Waals surface area contributed by atoms with Gasteiger partial charge in [0.25, 0.3) is 5.56 Å². The van der Waals surface area contributed by atoms with Crippen molar-refractivity contribution >= 4 is 40.2 Å². The van der Waals surface area contributed by atoms with E-state index in [0.29, 0.717) is 67.2 Å². The molecule has 4 amide bonds. The summed E-state index contributed by atoms with van der Waals surface area (Å²) in [6.07, 6.45) is 9.16. The first kappa shape index (κ1) is 41.4. The minimum atomic E-state index is -0.389. The molecule has 7 rings (SSSR count). The third-order valence-corrected chi connectivity index (χ3v) is 11.9. The van der Waals surface area contributed by atoms with Gasteiger partial charge in [0.1, 0.15) is 23.1 Å². The summed E-state index contributed by atoms with van der Waals surface area (Å²) in [6.45, 7) is 4.60. The van der Waals surface area contributed by atoms with Crippen LogP contribution in [0.25, 0.3) is 22.0 Å². The minimum absolute atomic E-state index is 0.0115. The predicted molar refractivity (Wildman–Crippen MR) is 223 cm³/mol. The summed E-state index contributed by atoms with van der Waals surface area (Å²) in [6, 6.07) is 11.7. The lowest BCUT2D eigenvalue weighted by molar-refractivity contribution is -0.134. The number of nitrogens with one attached hydrogen (secondary N) is 5. The number of imide groups is 1. The van der Waals surface area contributed by atoms with Gasteiger partial charge >= 0.3 is 0 Å². The number of nitrogens with zero attached hydrogens (tertiary/aromatic N) is 4. The van der Waals surface area contributed by atoms with Crippen LogP contribution in [0.5, 0.6) is 11.5 Å². The summed E-state index contributed by atoms with van der Waals surface area (Å²) < 4.78 is 13.0. The van der Waals surface area contributed by atoms with E-state index in [0.717, 1.165) is 74.1 Å². The number of aromatic nitrogens is 3. The SMILES string of the molecule is COc1cc(-c2cn(C)c(=O)c3[nH]ncc23)cc(OC)c1CNCC(=O)NC1CCN(C(=O)CCCN2CCC(c3ccc(NC4CCC(=O)NC4=O)cc3)CC2)CC1. The predicted octanol–water partition coefficient (Wildman–Crippen LogP) is 3.02. The number of ether oxygens (including phenoxy) is 2. The number of methoxy groups -OCH3 is 2. The number of hydrogen-bond donors (Lipinski definition) is 5. The second kappa shape index (κ2) is 18.9. The van der Waals surface area contributed by atoms with Gasteiger partial charge in [-0.1, -0.05) is 12.1 Å². The molecule has 16 heteroatoms. The number of amides is 4. The number of aryl methyl sites for hydroxylation is 1. The zero-order valence-corrected chi connectivity index (χ0v) is 34.1. The average Bonchev–Trinajstić information content (AvgIpc) is 3.74. The molecule has 59 heavy (non-hydrogen) atoms. The van der Waals surface area contributed by atoms with Gasteiger partial charge in [-0.3, -0.25) is 34.4 Å². The zero-order valence-electron chi connectivity index (χ0n) is 34.1. The van der Waals surface area contributed by atoms with Gasteiger partial charge in [0.15, 0.2) is 0 Å². The van der Waals surface area contributed by atoms with E-state index in [9.17, 15) is 24.0 Å². The Labute approximate surface area is 343 Å². The Morgan fingerprint density at radius 1 is 0.932 bits per heavy atom. The Hall–Kier alpha value is -5.74. The first-order valence-electron chi connectivity index (χ1n) is 20.6. The van der Waals surface area contributed by atoms with Crippen LogP contribution in [0.15, 0.2) is 53.6 Å². The highest BCUT2D eigenvalue weighted by atomic mass is 16.5. The van der Waals surface area contributed by atoms with Gasteiger partial charge in [-0.2, -0.15) is 5.10 Å². The van der Waals surface area contributed by atoms with Crippen molar-refractivity contribution in [3.05, 3.63) is 70.3 Å². The lowest BCUT2D eigenvalue weighted by Gasteiger charge is -2.34. The maximum Gasteiger partial charge on any atom is 0.276 e. The molecule has 2 aromatic carbocycles. The molecule has 3 aliphatic heterocycles. The number of carbonyl (C=O) groups excluding carboxylic acids is 4. The van der Waals surface area contributed by atoms with Crippen LogP contribution in [0.2, 0.25) is 0 Å². The van der Waals surface area contributed by atoms with Crippen LogP contribution in [-0.2, 0) is 32.8 Å². The Morgan fingerprint density at radius 3 is 2.32 bits per heavy atom. The molecule has 5 N–H and O–H groups in total. The standard InChI is InChI=1S/C43H55N9O7/c1-50-26-34(32-24-45-49-41(32)43(50)57)29-21-36(58-2)33(37(22-29)59-3)23-44-25-39(54)47-31-14-19-52(20-15-31)40(55)5-4-16-51-17-12-28(13-18-51)27-6-8-30(9-7-27)46-35-10-11-38(53)48-42(35)56/h6-9,21-22,24,26,28,31,35,44,46H,4-5,10-20,23,25H2,1-3H3,(H,45,49)(H,47,54)(H,48,53,56). The summed E-state index contributed by atoms with van der Waals surface area (Å²) in [5.74, 6) is 1.23. The molecule has 1 unspecified atom stereocenters. The molecular formula is C43H55N9O7. The van der Waals surface area contributed by atoms with Gasteiger partial charge < -0.3 is 39.8 Å². The molecule has 0 saturated carbocycles. The van der Waals surface area contributed by atoms with Gasteiger partial charge in [0, 0.05) is 74.0 Å². The Balaban J connectivity index is 0.789. The van der Waals surface area contributed by atoms with Crippen molar-refractivity contribution in [3.8, 4) is 22.6 Å². The second-order valence-corrected chi connectivity index (χ2v) is 15.8. The van der Waals surface area contributed by atoms with Crippen LogP contribution in [0.4, 0.5) is 5.69 Å². The van der Waals surface area contributed by atoms with E-state index < -0.39 is 0 Å². The van der Waals surface area contributed by atoms with E-state index in [1.54, 1.807) is 33.7 Å². The van der Waals surface area contributed by atoms with E-state index in [4.69, 9.17) is 9.47 Å². The minimum Gasteiger partial charge on any atom is -0.496 e. The van der Waals surface area contributed by atoms with E-state index in [2.05, 4.69) is 48.5 Å². The van der Waals surface area contributed by atoms with E-state index in [-0.39, 0.29) is 47.8 Å². The largest absolute Gasteiger partial charge is 0.496 e. The zero-order chi connectivity index (χ0) is 41.5. The number of fused-ring (bicyclic) bond motifs is 1. The summed E-state index contributed by atoms with van der Waals surface area (Å²) in [5.41, 5.74) is 4.79. The number of piperidine rings is 3. The molecule has 2 aromatic heterocycles. The number of rotatable bonds is 15. The van der Waals surface area contributed by atoms with Gasteiger partial charge in [-0.15, -0.1) is 0 Å². The molecule has 1 atom stereocenters. The fourth-order valence-electron chi connectivity index (χ4n) is 8.53. The molecule has 3 aliphatic rings. The van der Waals surface area contributed by atoms with Crippen molar-refractivity contribution in [2.24, 2.45) is 7.05 Å². The highest BCUT2D eigenvalue weighted by Crippen LogP contribution is 2.37. The third-order valence-electron chi connectivity index (χ3n) is 11.9. The molecule has 3 saturated heterocycles. The summed E-state index contributed by atoms with van der Waals surface area (Å²) >= 11 is 0. The monoisotopic (exact) mass is 809 g/mol. The molecule has 0 aliphatic carbocycles. The molecule has 3 fully saturated rings. The number of anilines is 1. The highest BCUT2D eigenvalue weighted by molar-refractivity contribution is 6.01. The summed E-state index contributed by atoms with van der Waals surface area (Å²) in [5, 5.41) is 19.5. The summed E-state index contributed by atoms with van der Waals surface area (Å²) in [7, 11) is 4.86. The third kappa shape index (κ3) is 9.94. The first-order valence-corrected chi connectivity index (χ1v) is 20.6. The van der Waals surface area contributed by atoms with E-state index in [1.807, 2.05) is 29.2 Å². The topological polar surface area (TPSA) is 192 Å². The number of pyridine rings is 1. The number of likely N-dealkylation sites (tertiary alicyclic amines) is 2. The van der Waals surface area contributed by atoms with Crippen LogP contribution >= 0.6 is 0 Å². The van der Waals surface area contributed by atoms with Gasteiger partial charge in [0.05, 0.1) is 27.0 Å². The van der Waals surface area contributed by atoms with Crippen LogP contribution in [-0.4, -0.2) is 114 Å². The van der Waals surface area contributed by atoms with Crippen molar-refractivity contribution in [2.45, 2.75) is 75.9 Å². The molecular weight excluding hydrogens is 755 g/mol. The van der Waals surface area contributed by atoms with E-state index >= 15 is 0 Å². The van der Waals surface area contributed by atoms with E-state index in [1.165, 1.54) is 10.1 Å². The van der Waals surface area contributed by atoms with Crippen molar-refractivity contribution < 1.29 is 28.7 Å². The normalized spacial score (nSPS) is 18.2. The van der Waals surface area contributed by atoms with Crippen molar-refractivity contribution in [2.75, 3.05) is 58.8 Å². The lowest BCUT2D eigenvalue weighted by atomic mass is 9.89. The molecule has 0 bridgehead atoms. The molecule has 0 radical (unpaired) electrons. The fourth-order valence-corrected chi connectivity index (χ4v) is 8.53. The number of H-pyrrole nitrogens is 1. The lowest BCUT2D eigenvalue weighted by Crippen LogP contribution is -2.48. The summed E-state index contributed by atoms with van der Waals surface area (Å²) in [4.78, 5) is 66.5. The first-order chi connectivity index (χ1) is 28.6. The number of benzene rings is 2. The van der Waals surface area contributed by atoms with Crippen molar-refractivity contribution in [1.82, 2.24) is 40.5 Å². The second-order valence-electron chi connectivity index (χ2n) is 15.8. The van der Waals surface area contributed by atoms with Gasteiger partial charge in [0.2, 0.25) is 23.6 Å². The molecule has 5 heterocycles. The maximum absolute atomic E-state index is 13.1. The number of carbonyl (C=O) groups is 4. The van der Waals surface area contributed by atoms with Crippen LogP contribution in [0.1, 0.15) is 68.4 Å². The Morgan fingerprint density at radius 2 is 1.64 bits per heavy atom. The van der Waals surface area contributed by atoms with Crippen molar-refractivity contribution in [1.29, 1.82) is 0 Å². The highest BCUT2D eigenvalue weighted by Gasteiger charge is 2.28. The van der Waals surface area contributed by atoms with Crippen LogP contribution in [0, 0.1) is 0 Å². The molecule has 314 valence electrons. The smallest absolute Gasteiger partial charge is 0.276 e. The number of aromatic amines is 1. The maximum atomic E-state index is 13.1. The fraction of sp³-hybridized carbons (Fsp3) is 0.488. The quantitative estimate of drug-likeness (QED) is 0.111. The van der Waals surface area contributed by atoms with Crippen molar-refractivity contribution in [3.63, 3.8) is 0 Å². The Kier molecular flexibility index (Phi) is 13.3. The van der Waals surface area contributed by atoms with Crippen LogP contribution < -0.4 is 36.3 Å². The van der Waals surface area contributed by atoms with Gasteiger partial charge in [-0.05, 0) is 99.5 Å². The molecule has 0 spiro atoms. The average molecular weight is 810 g/mol. The van der Waals surface area contributed by atoms with Crippen LogP contribution in [0.3, 0.4) is 0 Å².